The number of carbonyl (C=O) groups is 1. The lowest BCUT2D eigenvalue weighted by atomic mass is 9.92. The molecule has 1 fully saturated rings. The summed E-state index contributed by atoms with van der Waals surface area (Å²) in [6.07, 6.45) is 3.46. The minimum absolute atomic E-state index is 0.0618. The number of phenolic OH excluding ortho intramolecular Hbond substituents is 1. The van der Waals surface area contributed by atoms with Gasteiger partial charge in [-0.2, -0.15) is 0 Å². The van der Waals surface area contributed by atoms with E-state index in [4.69, 9.17) is 0 Å². The molecule has 154 valence electrons. The van der Waals surface area contributed by atoms with Crippen LogP contribution in [0.2, 0.25) is 0 Å². The van der Waals surface area contributed by atoms with E-state index in [0.717, 1.165) is 37.9 Å². The largest absolute Gasteiger partial charge is 0.508 e. The summed E-state index contributed by atoms with van der Waals surface area (Å²) in [5.41, 5.74) is 2.85. The highest BCUT2D eigenvalue weighted by atomic mass is 16.3. The van der Waals surface area contributed by atoms with Gasteiger partial charge in [-0.05, 0) is 54.5 Å². The summed E-state index contributed by atoms with van der Waals surface area (Å²) in [6, 6.07) is 15.4. The Morgan fingerprint density at radius 3 is 2.66 bits per heavy atom. The first-order valence-electron chi connectivity index (χ1n) is 10.6. The predicted octanol–water partition coefficient (Wildman–Crippen LogP) is 2.74. The van der Waals surface area contributed by atoms with Crippen molar-refractivity contribution in [1.29, 1.82) is 0 Å². The Hall–Kier alpha value is -2.37. The Morgan fingerprint density at radius 1 is 1.00 bits per heavy atom. The third-order valence-electron chi connectivity index (χ3n) is 6.26. The Labute approximate surface area is 172 Å². The van der Waals surface area contributed by atoms with Crippen molar-refractivity contribution in [1.82, 2.24) is 9.80 Å². The summed E-state index contributed by atoms with van der Waals surface area (Å²) in [4.78, 5) is 16.9. The van der Waals surface area contributed by atoms with Crippen molar-refractivity contribution in [2.75, 3.05) is 26.2 Å². The number of nitrogens with zero attached hydrogens (tertiary/aromatic N) is 2. The molecule has 0 saturated carbocycles. The van der Waals surface area contributed by atoms with Crippen LogP contribution in [0.4, 0.5) is 0 Å². The lowest BCUT2D eigenvalue weighted by molar-refractivity contribution is -0.130. The maximum absolute atomic E-state index is 12.7. The highest BCUT2D eigenvalue weighted by Gasteiger charge is 2.34. The van der Waals surface area contributed by atoms with Crippen LogP contribution < -0.4 is 0 Å². The van der Waals surface area contributed by atoms with Gasteiger partial charge in [0.05, 0.1) is 12.0 Å². The number of aliphatic hydroxyl groups is 1. The monoisotopic (exact) mass is 394 g/mol. The maximum Gasteiger partial charge on any atom is 0.226 e. The number of benzene rings is 2. The third kappa shape index (κ3) is 4.98. The number of rotatable bonds is 4. The Morgan fingerprint density at radius 2 is 1.83 bits per heavy atom. The van der Waals surface area contributed by atoms with Crippen molar-refractivity contribution in [2.45, 2.75) is 44.2 Å². The SMILES string of the molecule is O=C(Cc1cccc(O)c1)N1CCC[C@@](O)(CN2CCc3ccccc3C2)CC1. The fraction of sp³-hybridized carbons (Fsp3) is 0.458. The number of likely N-dealkylation sites (tertiary alicyclic amines) is 1. The Balaban J connectivity index is 1.33. The highest BCUT2D eigenvalue weighted by Crippen LogP contribution is 2.27. The number of hydrogen-bond donors (Lipinski definition) is 2. The van der Waals surface area contributed by atoms with Crippen LogP contribution in [0.25, 0.3) is 0 Å². The first-order chi connectivity index (χ1) is 14.0. The highest BCUT2D eigenvalue weighted by molar-refractivity contribution is 5.78. The second-order valence-corrected chi connectivity index (χ2v) is 8.53. The van der Waals surface area contributed by atoms with Gasteiger partial charge in [-0.25, -0.2) is 0 Å². The molecule has 0 unspecified atom stereocenters. The smallest absolute Gasteiger partial charge is 0.226 e. The van der Waals surface area contributed by atoms with Crippen molar-refractivity contribution in [2.24, 2.45) is 0 Å². The fourth-order valence-electron chi connectivity index (χ4n) is 4.64. The van der Waals surface area contributed by atoms with Gasteiger partial charge < -0.3 is 15.1 Å². The minimum Gasteiger partial charge on any atom is -0.508 e. The molecule has 2 aromatic rings. The first-order valence-corrected chi connectivity index (χ1v) is 10.6. The summed E-state index contributed by atoms with van der Waals surface area (Å²) in [5, 5.41) is 20.9. The van der Waals surface area contributed by atoms with E-state index in [2.05, 4.69) is 29.2 Å². The van der Waals surface area contributed by atoms with Gasteiger partial charge in [0.1, 0.15) is 5.75 Å². The Kier molecular flexibility index (Phi) is 5.88. The third-order valence-corrected chi connectivity index (χ3v) is 6.26. The number of hydrogen-bond acceptors (Lipinski definition) is 4. The van der Waals surface area contributed by atoms with Crippen LogP contribution in [-0.4, -0.2) is 57.7 Å². The lowest BCUT2D eigenvalue weighted by Gasteiger charge is -2.36. The molecular weight excluding hydrogens is 364 g/mol. The lowest BCUT2D eigenvalue weighted by Crippen LogP contribution is -2.45. The second-order valence-electron chi connectivity index (χ2n) is 8.53. The molecule has 2 aliphatic rings. The van der Waals surface area contributed by atoms with Crippen LogP contribution in [0.15, 0.2) is 48.5 Å². The van der Waals surface area contributed by atoms with Crippen molar-refractivity contribution < 1.29 is 15.0 Å². The van der Waals surface area contributed by atoms with Gasteiger partial charge in [0.2, 0.25) is 5.91 Å². The zero-order valence-corrected chi connectivity index (χ0v) is 16.9. The number of fused-ring (bicyclic) bond motifs is 1. The molecule has 2 heterocycles. The average molecular weight is 395 g/mol. The van der Waals surface area contributed by atoms with Crippen molar-refractivity contribution >= 4 is 5.91 Å². The predicted molar refractivity (Wildman–Crippen MR) is 113 cm³/mol. The molecule has 5 nitrogen and oxygen atoms in total. The van der Waals surface area contributed by atoms with E-state index < -0.39 is 5.60 Å². The van der Waals surface area contributed by atoms with Gasteiger partial charge in [0, 0.05) is 32.7 Å². The van der Waals surface area contributed by atoms with Gasteiger partial charge in [-0.3, -0.25) is 9.69 Å². The van der Waals surface area contributed by atoms with Gasteiger partial charge in [-0.15, -0.1) is 0 Å². The quantitative estimate of drug-likeness (QED) is 0.837. The van der Waals surface area contributed by atoms with E-state index in [1.165, 1.54) is 11.1 Å². The Bertz CT molecular complexity index is 869. The summed E-state index contributed by atoms with van der Waals surface area (Å²) in [6.45, 7) is 3.79. The molecule has 29 heavy (non-hydrogen) atoms. The molecule has 1 atom stereocenters. The molecule has 0 aromatic heterocycles. The summed E-state index contributed by atoms with van der Waals surface area (Å²) in [7, 11) is 0. The van der Waals surface area contributed by atoms with E-state index >= 15 is 0 Å². The summed E-state index contributed by atoms with van der Waals surface area (Å²) >= 11 is 0. The zero-order valence-electron chi connectivity index (χ0n) is 16.9. The van der Waals surface area contributed by atoms with Crippen LogP contribution in [0.1, 0.15) is 36.0 Å². The van der Waals surface area contributed by atoms with Crippen molar-refractivity contribution in [3.63, 3.8) is 0 Å². The average Bonchev–Trinajstić information content (AvgIpc) is 2.89. The number of carbonyl (C=O) groups excluding carboxylic acids is 1. The van der Waals surface area contributed by atoms with E-state index in [0.29, 0.717) is 26.1 Å². The van der Waals surface area contributed by atoms with E-state index in [-0.39, 0.29) is 18.1 Å². The fourth-order valence-corrected chi connectivity index (χ4v) is 4.64. The standard InChI is InChI=1S/C24H30N2O3/c27-22-8-3-5-19(15-22)16-23(28)26-12-4-10-24(29,11-14-26)18-25-13-9-20-6-1-2-7-21(20)17-25/h1-3,5-8,15,27,29H,4,9-14,16-18H2/t24-/m0/s1. The van der Waals surface area contributed by atoms with E-state index in [1.54, 1.807) is 18.2 Å². The number of phenols is 1. The molecule has 2 aliphatic heterocycles. The van der Waals surface area contributed by atoms with Crippen LogP contribution in [-0.2, 0) is 24.2 Å². The van der Waals surface area contributed by atoms with Gasteiger partial charge in [0.25, 0.3) is 0 Å². The van der Waals surface area contributed by atoms with Gasteiger partial charge in [0.15, 0.2) is 0 Å². The molecule has 0 spiro atoms. The van der Waals surface area contributed by atoms with Crippen molar-refractivity contribution in [3.05, 3.63) is 65.2 Å². The molecule has 0 bridgehead atoms. The molecule has 0 aliphatic carbocycles. The molecular formula is C24H30N2O3. The number of β-amino-alcohol motifs (C(OH)–C–C–N with tert-alkyl or cyclic N) is 1. The van der Waals surface area contributed by atoms with Crippen LogP contribution >= 0.6 is 0 Å². The minimum atomic E-state index is -0.744. The molecule has 2 aromatic carbocycles. The van der Waals surface area contributed by atoms with E-state index in [1.807, 2.05) is 11.0 Å². The molecule has 1 saturated heterocycles. The maximum atomic E-state index is 12.7. The molecule has 1 amide bonds. The van der Waals surface area contributed by atoms with Gasteiger partial charge in [-0.1, -0.05) is 36.4 Å². The molecule has 0 radical (unpaired) electrons. The van der Waals surface area contributed by atoms with Crippen LogP contribution in [0.3, 0.4) is 0 Å². The number of amides is 1. The summed E-state index contributed by atoms with van der Waals surface area (Å²) in [5.74, 6) is 0.246. The van der Waals surface area contributed by atoms with E-state index in [9.17, 15) is 15.0 Å². The molecule has 4 rings (SSSR count). The second kappa shape index (κ2) is 8.56. The normalized spacial score (nSPS) is 22.7. The topological polar surface area (TPSA) is 64.0 Å². The number of aromatic hydroxyl groups is 1. The molecule has 5 heteroatoms. The van der Waals surface area contributed by atoms with Crippen molar-refractivity contribution in [3.8, 4) is 5.75 Å². The van der Waals surface area contributed by atoms with Gasteiger partial charge >= 0.3 is 0 Å². The molecule has 2 N–H and O–H groups in total. The van der Waals surface area contributed by atoms with Crippen LogP contribution in [0.5, 0.6) is 5.75 Å². The zero-order chi connectivity index (χ0) is 20.3. The first kappa shape index (κ1) is 19.9. The summed E-state index contributed by atoms with van der Waals surface area (Å²) < 4.78 is 0. The van der Waals surface area contributed by atoms with Crippen LogP contribution in [0, 0.1) is 0 Å².